The highest BCUT2D eigenvalue weighted by molar-refractivity contribution is 5.85. The van der Waals surface area contributed by atoms with Gasteiger partial charge in [0.15, 0.2) is 12.6 Å². The van der Waals surface area contributed by atoms with Gasteiger partial charge in [0.2, 0.25) is 0 Å². The van der Waals surface area contributed by atoms with Crippen LogP contribution in [0.5, 0.6) is 0 Å². The van der Waals surface area contributed by atoms with Crippen LogP contribution in [0.1, 0.15) is 94.9 Å². The summed E-state index contributed by atoms with van der Waals surface area (Å²) < 4.78 is 37.1. The minimum absolute atomic E-state index is 0. The van der Waals surface area contributed by atoms with E-state index in [1.807, 2.05) is 25.9 Å². The zero-order chi connectivity index (χ0) is 39.0. The first-order valence-electron chi connectivity index (χ1n) is 18.5. The second kappa shape index (κ2) is 18.3. The molecule has 0 saturated carbocycles. The van der Waals surface area contributed by atoms with Gasteiger partial charge < -0.3 is 58.9 Å². The van der Waals surface area contributed by atoms with Crippen LogP contribution in [0.25, 0.3) is 0 Å². The molecule has 14 nitrogen and oxygen atoms in total. The van der Waals surface area contributed by atoms with Gasteiger partial charge in [-0.05, 0) is 74.9 Å². The third kappa shape index (κ3) is 10.0. The second-order valence-corrected chi connectivity index (χ2v) is 16.5. The molecule has 0 amide bonds. The molecule has 3 heterocycles. The highest BCUT2D eigenvalue weighted by atomic mass is 35.5. The van der Waals surface area contributed by atoms with Crippen molar-refractivity contribution in [1.82, 2.24) is 4.90 Å². The number of nitrogens with zero attached hydrogens (tertiary/aromatic N) is 1. The average molecular weight is 770 g/mol. The number of carbonyl (C=O) groups excluding carboxylic acids is 2. The maximum absolute atomic E-state index is 14.1. The number of methoxy groups -OCH3 is 1. The summed E-state index contributed by atoms with van der Waals surface area (Å²) in [6.45, 7) is 16.3. The number of cyclic esters (lactones) is 1. The summed E-state index contributed by atoms with van der Waals surface area (Å²) in [5.41, 5.74) is -4.84. The lowest BCUT2D eigenvalue weighted by atomic mass is 9.74. The van der Waals surface area contributed by atoms with Gasteiger partial charge in [-0.1, -0.05) is 27.7 Å². The fourth-order valence-corrected chi connectivity index (χ4v) is 8.41. The summed E-state index contributed by atoms with van der Waals surface area (Å²) in [6.07, 6.45) is -9.71. The minimum Gasteiger partial charge on any atom is -0.459 e. The molecule has 0 aromatic heterocycles. The van der Waals surface area contributed by atoms with Crippen LogP contribution in [0.15, 0.2) is 0 Å². The van der Waals surface area contributed by atoms with E-state index >= 15 is 0 Å². The standard InChI is InChI=1S/C37H67NO13.ClH/c1-14-25-37(10,45)30(41)20(4)27(39)18(2)16-35(8,44)32(51-34-28(40)24(38(11)12)15-19(3)47-34)21(5)29(22(6)33(43)49-25)50-26-17-36(9,46-13)31(42)23(7)48-26;/h18-26,28-32,34,40-42,44-45H,14-17H2,1-13H3;1H/t18-,19-,20+,21+,22-,23+,24+,25-,26+,28-,29+,30-,31+,32-,34+,35-,36-,37-;/m1./s1. The molecule has 0 spiro atoms. The van der Waals surface area contributed by atoms with Crippen molar-refractivity contribution >= 4 is 24.2 Å². The van der Waals surface area contributed by atoms with Crippen LogP contribution in [0.3, 0.4) is 0 Å². The van der Waals surface area contributed by atoms with E-state index in [0.717, 1.165) is 0 Å². The van der Waals surface area contributed by atoms with E-state index < -0.39 is 108 Å². The number of hydrogen-bond donors (Lipinski definition) is 5. The summed E-state index contributed by atoms with van der Waals surface area (Å²) in [5, 5.41) is 57.6. The number of carbonyl (C=O) groups is 2. The quantitative estimate of drug-likeness (QED) is 0.237. The lowest BCUT2D eigenvalue weighted by Gasteiger charge is -2.49. The molecule has 18 atom stereocenters. The topological polar surface area (TPSA) is 194 Å². The molecule has 52 heavy (non-hydrogen) atoms. The first-order chi connectivity index (χ1) is 23.4. The van der Waals surface area contributed by atoms with Crippen molar-refractivity contribution in [3.8, 4) is 0 Å². The molecular weight excluding hydrogens is 702 g/mol. The van der Waals surface area contributed by atoms with Gasteiger partial charge in [-0.25, -0.2) is 0 Å². The van der Waals surface area contributed by atoms with Gasteiger partial charge in [0.1, 0.15) is 29.7 Å². The third-order valence-corrected chi connectivity index (χ3v) is 11.8. The second-order valence-electron chi connectivity index (χ2n) is 16.5. The number of hydrogen-bond acceptors (Lipinski definition) is 14. The van der Waals surface area contributed by atoms with Gasteiger partial charge >= 0.3 is 5.97 Å². The summed E-state index contributed by atoms with van der Waals surface area (Å²) in [6, 6.07) is -0.324. The molecule has 3 rings (SSSR count). The van der Waals surface area contributed by atoms with Gasteiger partial charge in [-0.15, -0.1) is 12.4 Å². The van der Waals surface area contributed by atoms with Crippen molar-refractivity contribution in [1.29, 1.82) is 0 Å². The maximum Gasteiger partial charge on any atom is 0.311 e. The van der Waals surface area contributed by atoms with Crippen LogP contribution in [0.2, 0.25) is 0 Å². The monoisotopic (exact) mass is 769 g/mol. The van der Waals surface area contributed by atoms with Crippen molar-refractivity contribution in [2.45, 2.75) is 179 Å². The SMILES string of the molecule is CC[C@H]1OC(=O)[C@H](C)[C@@H](O[C@H]2C[C@@](C)(OC)[C@@H](O)[C@H](C)O2)[C@H](C)[C@@H](O[C@@H]2O[C@H](C)C[C@H](N(C)C)[C@H]2O)[C@](C)(O)C[C@@H](C)C(=O)[C@H](C)[C@@H](O)[C@]1(C)O.Cl. The Kier molecular flexibility index (Phi) is 16.6. The molecule has 3 aliphatic heterocycles. The minimum atomic E-state index is -1.99. The molecule has 15 heteroatoms. The predicted octanol–water partition coefficient (Wildman–Crippen LogP) is 2.21. The van der Waals surface area contributed by atoms with Crippen molar-refractivity contribution in [2.24, 2.45) is 23.7 Å². The van der Waals surface area contributed by atoms with Crippen molar-refractivity contribution in [3.05, 3.63) is 0 Å². The maximum atomic E-state index is 14.1. The third-order valence-electron chi connectivity index (χ3n) is 11.8. The Morgan fingerprint density at radius 2 is 1.48 bits per heavy atom. The Hall–Kier alpha value is -1.01. The Morgan fingerprint density at radius 3 is 2.02 bits per heavy atom. The van der Waals surface area contributed by atoms with Crippen LogP contribution in [-0.4, -0.2) is 148 Å². The number of esters is 1. The van der Waals surface area contributed by atoms with Crippen LogP contribution < -0.4 is 0 Å². The highest BCUT2D eigenvalue weighted by Crippen LogP contribution is 2.40. The van der Waals surface area contributed by atoms with Gasteiger partial charge in [0.05, 0.1) is 47.6 Å². The average Bonchev–Trinajstić information content (AvgIpc) is 3.05. The normalized spacial score (nSPS) is 48.8. The number of ether oxygens (including phenoxy) is 6. The molecule has 3 fully saturated rings. The summed E-state index contributed by atoms with van der Waals surface area (Å²) in [7, 11) is 5.18. The number of ketones is 1. The molecule has 0 aromatic carbocycles. The summed E-state index contributed by atoms with van der Waals surface area (Å²) in [4.78, 5) is 29.8. The Bertz CT molecular complexity index is 1170. The smallest absolute Gasteiger partial charge is 0.311 e. The zero-order valence-corrected chi connectivity index (χ0v) is 34.2. The van der Waals surface area contributed by atoms with Crippen LogP contribution >= 0.6 is 12.4 Å². The molecule has 5 N–H and O–H groups in total. The number of likely N-dealkylation sites (N-methyl/N-ethyl adjacent to an activating group) is 1. The number of aliphatic hydroxyl groups is 5. The lowest BCUT2D eigenvalue weighted by Crippen LogP contribution is -2.61. The van der Waals surface area contributed by atoms with Crippen LogP contribution in [0.4, 0.5) is 0 Å². The molecule has 3 aliphatic rings. The van der Waals surface area contributed by atoms with Crippen molar-refractivity contribution in [3.63, 3.8) is 0 Å². The lowest BCUT2D eigenvalue weighted by molar-refractivity contribution is -0.318. The first kappa shape index (κ1) is 47.1. The van der Waals surface area contributed by atoms with E-state index in [4.69, 9.17) is 28.4 Å². The molecular formula is C37H68ClNO13. The van der Waals surface area contributed by atoms with Crippen LogP contribution in [0, 0.1) is 23.7 Å². The van der Waals surface area contributed by atoms with E-state index in [1.54, 1.807) is 41.5 Å². The van der Waals surface area contributed by atoms with E-state index in [1.165, 1.54) is 27.9 Å². The molecule has 0 aromatic rings. The number of Topliss-reactive ketones (excluding diaryl/α,β-unsaturated/α-hetero) is 1. The molecule has 0 aliphatic carbocycles. The fourth-order valence-electron chi connectivity index (χ4n) is 8.41. The molecule has 306 valence electrons. The predicted molar refractivity (Wildman–Crippen MR) is 194 cm³/mol. The Labute approximate surface area is 316 Å². The van der Waals surface area contributed by atoms with Crippen molar-refractivity contribution < 1.29 is 63.5 Å². The number of aliphatic hydroxyl groups excluding tert-OH is 3. The van der Waals surface area contributed by atoms with E-state index in [-0.39, 0.29) is 43.8 Å². The largest absolute Gasteiger partial charge is 0.459 e. The highest BCUT2D eigenvalue weighted by Gasteiger charge is 2.53. The van der Waals surface area contributed by atoms with E-state index in [2.05, 4.69) is 0 Å². The first-order valence-corrected chi connectivity index (χ1v) is 18.5. The summed E-state index contributed by atoms with van der Waals surface area (Å²) in [5.74, 6) is -4.98. The van der Waals surface area contributed by atoms with Gasteiger partial charge in [-0.2, -0.15) is 0 Å². The fraction of sp³-hybridized carbons (Fsp3) is 0.946. The van der Waals surface area contributed by atoms with E-state index in [0.29, 0.717) is 6.42 Å². The Balaban J connectivity index is 0.00000936. The molecule has 0 radical (unpaired) electrons. The van der Waals surface area contributed by atoms with Crippen LogP contribution in [-0.2, 0) is 38.0 Å². The molecule has 0 unspecified atom stereocenters. The van der Waals surface area contributed by atoms with E-state index in [9.17, 15) is 35.1 Å². The number of halogens is 1. The molecule has 3 saturated heterocycles. The number of rotatable bonds is 7. The van der Waals surface area contributed by atoms with Crippen molar-refractivity contribution in [2.75, 3.05) is 21.2 Å². The van der Waals surface area contributed by atoms with Gasteiger partial charge in [0, 0.05) is 37.3 Å². The molecule has 0 bridgehead atoms. The van der Waals surface area contributed by atoms with Gasteiger partial charge in [-0.3, -0.25) is 9.59 Å². The summed E-state index contributed by atoms with van der Waals surface area (Å²) >= 11 is 0. The zero-order valence-electron chi connectivity index (χ0n) is 33.3. The van der Waals surface area contributed by atoms with Gasteiger partial charge in [0.25, 0.3) is 0 Å². The Morgan fingerprint density at radius 1 is 0.885 bits per heavy atom.